The monoisotopic (exact) mass is 269 g/mol. The van der Waals surface area contributed by atoms with E-state index in [0.29, 0.717) is 0 Å². The van der Waals surface area contributed by atoms with E-state index in [0.717, 1.165) is 31.5 Å². The Kier molecular flexibility index (Phi) is 6.18. The van der Waals surface area contributed by atoms with Gasteiger partial charge in [0.1, 0.15) is 0 Å². The van der Waals surface area contributed by atoms with E-state index in [1.54, 1.807) is 0 Å². The summed E-state index contributed by atoms with van der Waals surface area (Å²) in [7, 11) is 0. The number of aliphatic imine (C=N–C) groups is 1. The Bertz CT molecular complexity index is 256. The Morgan fingerprint density at radius 2 is 1.89 bits per heavy atom. The number of rotatable bonds is 4. The van der Waals surface area contributed by atoms with Crippen molar-refractivity contribution < 1.29 is 0 Å². The molecule has 1 saturated carbocycles. The number of hydrogen-bond acceptors (Lipinski definition) is 2. The lowest BCUT2D eigenvalue weighted by Crippen LogP contribution is -2.42. The van der Waals surface area contributed by atoms with Gasteiger partial charge in [0.15, 0.2) is 5.96 Å². The number of nitrogens with two attached hydrogens (primary N) is 1. The summed E-state index contributed by atoms with van der Waals surface area (Å²) in [5.74, 6) is 4.14. The van der Waals surface area contributed by atoms with Crippen molar-refractivity contribution in [3.8, 4) is 0 Å². The van der Waals surface area contributed by atoms with Gasteiger partial charge < -0.3 is 10.6 Å². The summed E-state index contributed by atoms with van der Waals surface area (Å²) in [5, 5.41) is 0. The van der Waals surface area contributed by atoms with Crippen LogP contribution in [0.25, 0.3) is 0 Å². The molecule has 1 heterocycles. The van der Waals surface area contributed by atoms with Gasteiger partial charge in [-0.05, 0) is 18.8 Å². The lowest BCUT2D eigenvalue weighted by atomic mass is 9.86. The predicted molar refractivity (Wildman–Crippen MR) is 81.2 cm³/mol. The van der Waals surface area contributed by atoms with Gasteiger partial charge in [0.25, 0.3) is 0 Å². The van der Waals surface area contributed by atoms with Crippen LogP contribution in [-0.4, -0.2) is 42.0 Å². The quantitative estimate of drug-likeness (QED) is 0.485. The number of thioether (sulfide) groups is 1. The molecule has 18 heavy (non-hydrogen) atoms. The number of hydrogen-bond donors (Lipinski definition) is 1. The zero-order valence-corrected chi connectivity index (χ0v) is 12.3. The van der Waals surface area contributed by atoms with Gasteiger partial charge in [-0.25, -0.2) is 0 Å². The maximum absolute atomic E-state index is 6.03. The van der Waals surface area contributed by atoms with Crippen LogP contribution in [0.3, 0.4) is 0 Å². The Labute approximate surface area is 116 Å². The molecule has 4 heteroatoms. The highest BCUT2D eigenvalue weighted by Crippen LogP contribution is 2.27. The molecule has 0 bridgehead atoms. The fourth-order valence-electron chi connectivity index (χ4n) is 2.94. The van der Waals surface area contributed by atoms with E-state index in [9.17, 15) is 0 Å². The smallest absolute Gasteiger partial charge is 0.191 e. The minimum Gasteiger partial charge on any atom is -0.370 e. The Morgan fingerprint density at radius 3 is 2.61 bits per heavy atom. The van der Waals surface area contributed by atoms with Crippen molar-refractivity contribution in [3.05, 3.63) is 0 Å². The summed E-state index contributed by atoms with van der Waals surface area (Å²) >= 11 is 2.01. The maximum Gasteiger partial charge on any atom is 0.191 e. The summed E-state index contributed by atoms with van der Waals surface area (Å²) in [6.45, 7) is 3.07. The van der Waals surface area contributed by atoms with E-state index < -0.39 is 0 Å². The van der Waals surface area contributed by atoms with E-state index in [1.807, 2.05) is 11.8 Å². The first-order valence-corrected chi connectivity index (χ1v) is 8.64. The molecule has 104 valence electrons. The van der Waals surface area contributed by atoms with Crippen LogP contribution in [0.15, 0.2) is 4.99 Å². The van der Waals surface area contributed by atoms with Gasteiger partial charge in [0, 0.05) is 31.1 Å². The third-order valence-corrected chi connectivity index (χ3v) is 5.05. The van der Waals surface area contributed by atoms with Gasteiger partial charge in [0.05, 0.1) is 0 Å². The molecule has 0 unspecified atom stereocenters. The van der Waals surface area contributed by atoms with Gasteiger partial charge in [-0.3, -0.25) is 4.99 Å². The molecule has 0 aromatic rings. The second kappa shape index (κ2) is 7.93. The molecule has 3 nitrogen and oxygen atoms in total. The van der Waals surface area contributed by atoms with Crippen molar-refractivity contribution in [2.45, 2.75) is 44.9 Å². The SMILES string of the molecule is NC(=NCCCC1CCCCC1)N1CCSCC1. The van der Waals surface area contributed by atoms with E-state index in [1.165, 1.54) is 56.5 Å². The van der Waals surface area contributed by atoms with Crippen LogP contribution in [0.1, 0.15) is 44.9 Å². The summed E-state index contributed by atoms with van der Waals surface area (Å²) < 4.78 is 0. The van der Waals surface area contributed by atoms with Crippen molar-refractivity contribution in [2.24, 2.45) is 16.6 Å². The lowest BCUT2D eigenvalue weighted by molar-refractivity contribution is 0.334. The second-order valence-electron chi connectivity index (χ2n) is 5.49. The van der Waals surface area contributed by atoms with Gasteiger partial charge in [-0.15, -0.1) is 0 Å². The van der Waals surface area contributed by atoms with E-state index in [4.69, 9.17) is 5.73 Å². The van der Waals surface area contributed by atoms with Crippen molar-refractivity contribution in [2.75, 3.05) is 31.1 Å². The predicted octanol–water partition coefficient (Wildman–Crippen LogP) is 2.71. The third-order valence-electron chi connectivity index (χ3n) is 4.10. The highest BCUT2D eigenvalue weighted by atomic mass is 32.2. The molecule has 2 aliphatic rings. The molecule has 0 amide bonds. The average Bonchev–Trinajstić information content (AvgIpc) is 2.45. The van der Waals surface area contributed by atoms with Crippen LogP contribution in [0.4, 0.5) is 0 Å². The first-order valence-electron chi connectivity index (χ1n) is 7.49. The second-order valence-corrected chi connectivity index (χ2v) is 6.71. The summed E-state index contributed by atoms with van der Waals surface area (Å²) in [6, 6.07) is 0. The van der Waals surface area contributed by atoms with Crippen molar-refractivity contribution >= 4 is 17.7 Å². The normalized spacial score (nSPS) is 23.3. The fourth-order valence-corrected chi connectivity index (χ4v) is 3.84. The molecule has 0 aromatic carbocycles. The van der Waals surface area contributed by atoms with Gasteiger partial charge in [-0.1, -0.05) is 32.1 Å². The van der Waals surface area contributed by atoms with Crippen LogP contribution >= 0.6 is 11.8 Å². The molecule has 2 N–H and O–H groups in total. The van der Waals surface area contributed by atoms with Crippen LogP contribution in [-0.2, 0) is 0 Å². The zero-order valence-electron chi connectivity index (χ0n) is 11.4. The van der Waals surface area contributed by atoms with Crippen LogP contribution < -0.4 is 5.73 Å². The molecule has 0 atom stereocenters. The maximum atomic E-state index is 6.03. The van der Waals surface area contributed by atoms with Crippen molar-refractivity contribution in [3.63, 3.8) is 0 Å². The molecular formula is C14H27N3S. The highest BCUT2D eigenvalue weighted by Gasteiger charge is 2.13. The molecule has 1 aliphatic heterocycles. The first-order chi connectivity index (χ1) is 8.86. The minimum absolute atomic E-state index is 0.777. The Balaban J connectivity index is 1.60. The highest BCUT2D eigenvalue weighted by molar-refractivity contribution is 7.99. The molecule has 1 saturated heterocycles. The molecule has 1 aliphatic carbocycles. The van der Waals surface area contributed by atoms with E-state index >= 15 is 0 Å². The molecular weight excluding hydrogens is 242 g/mol. The first kappa shape index (κ1) is 14.0. The van der Waals surface area contributed by atoms with Crippen molar-refractivity contribution in [1.82, 2.24) is 4.90 Å². The molecule has 0 aromatic heterocycles. The van der Waals surface area contributed by atoms with Crippen LogP contribution in [0.2, 0.25) is 0 Å². The standard InChI is InChI=1S/C14H27N3S/c15-14(17-9-11-18-12-10-17)16-8-4-7-13-5-2-1-3-6-13/h13H,1-12H2,(H2,15,16). The van der Waals surface area contributed by atoms with E-state index in [-0.39, 0.29) is 0 Å². The molecule has 2 rings (SSSR count). The zero-order chi connectivity index (χ0) is 12.6. The van der Waals surface area contributed by atoms with Crippen LogP contribution in [0.5, 0.6) is 0 Å². The average molecular weight is 269 g/mol. The Hall–Kier alpha value is -0.380. The summed E-state index contributed by atoms with van der Waals surface area (Å²) in [5.41, 5.74) is 6.03. The van der Waals surface area contributed by atoms with Gasteiger partial charge in [-0.2, -0.15) is 11.8 Å². The van der Waals surface area contributed by atoms with Crippen LogP contribution in [0, 0.1) is 5.92 Å². The molecule has 2 fully saturated rings. The fraction of sp³-hybridized carbons (Fsp3) is 0.929. The topological polar surface area (TPSA) is 41.6 Å². The minimum atomic E-state index is 0.777. The molecule has 0 radical (unpaired) electrons. The summed E-state index contributed by atoms with van der Waals surface area (Å²) in [6.07, 6.45) is 9.81. The lowest BCUT2D eigenvalue weighted by Gasteiger charge is -2.27. The van der Waals surface area contributed by atoms with Crippen molar-refractivity contribution in [1.29, 1.82) is 0 Å². The number of nitrogens with zero attached hydrogens (tertiary/aromatic N) is 2. The van der Waals surface area contributed by atoms with Gasteiger partial charge in [0.2, 0.25) is 0 Å². The Morgan fingerprint density at radius 1 is 1.17 bits per heavy atom. The largest absolute Gasteiger partial charge is 0.370 e. The molecule has 0 spiro atoms. The number of guanidine groups is 1. The third kappa shape index (κ3) is 4.71. The van der Waals surface area contributed by atoms with E-state index in [2.05, 4.69) is 9.89 Å². The summed E-state index contributed by atoms with van der Waals surface area (Å²) in [4.78, 5) is 6.78. The van der Waals surface area contributed by atoms with Gasteiger partial charge >= 0.3 is 0 Å².